The van der Waals surface area contributed by atoms with Gasteiger partial charge in [-0.2, -0.15) is 0 Å². The van der Waals surface area contributed by atoms with E-state index in [-0.39, 0.29) is 17.1 Å². The van der Waals surface area contributed by atoms with E-state index in [9.17, 15) is 19.5 Å². The number of ether oxygens (including phenoxy) is 1. The molecule has 36 heavy (non-hydrogen) atoms. The number of benzene rings is 3. The Hall–Kier alpha value is -3.39. The molecule has 7 nitrogen and oxygen atoms in total. The van der Waals surface area contributed by atoms with Crippen molar-refractivity contribution < 1.29 is 24.2 Å². The lowest BCUT2D eigenvalue weighted by atomic mass is 9.76. The van der Waals surface area contributed by atoms with E-state index < -0.39 is 41.2 Å². The fourth-order valence-corrected chi connectivity index (χ4v) is 5.87. The Labute approximate surface area is 217 Å². The lowest BCUT2D eigenvalue weighted by Crippen LogP contribution is -2.57. The van der Waals surface area contributed by atoms with Crippen LogP contribution in [0.5, 0.6) is 5.75 Å². The summed E-state index contributed by atoms with van der Waals surface area (Å²) in [6.07, 6.45) is 0.00597. The van der Waals surface area contributed by atoms with Gasteiger partial charge in [-0.15, -0.1) is 0 Å². The maximum atomic E-state index is 13.9. The molecule has 2 fully saturated rings. The number of aliphatic carboxylic acids is 1. The lowest BCUT2D eigenvalue weighted by molar-refractivity contribution is -0.148. The summed E-state index contributed by atoms with van der Waals surface area (Å²) in [4.78, 5) is 41.8. The summed E-state index contributed by atoms with van der Waals surface area (Å²) in [5, 5.41) is 14.3. The molecule has 0 aromatic heterocycles. The SMILES string of the molecule is COc1cccc([C@@H]2N[C@](Cc3ccccc3)(C(=O)O)[C@@H]3C(=O)N(c4ccc(Cl)cc4Cl)C(=O)[C@@H]32)c1. The molecule has 4 atom stereocenters. The monoisotopic (exact) mass is 524 g/mol. The molecule has 2 aliphatic rings. The minimum atomic E-state index is -1.74. The molecule has 184 valence electrons. The van der Waals surface area contributed by atoms with Crippen LogP contribution in [-0.2, 0) is 20.8 Å². The second kappa shape index (κ2) is 9.24. The molecule has 0 saturated carbocycles. The van der Waals surface area contributed by atoms with Crippen LogP contribution in [-0.4, -0.2) is 35.5 Å². The Kier molecular flexibility index (Phi) is 6.24. The standard InChI is InChI=1S/C27H22Cl2N2O5/c1-36-18-9-5-8-16(12-18)23-21-22(27(30-23,26(34)35)14-15-6-3-2-4-7-15)25(33)31(24(21)32)20-11-10-17(28)13-19(20)29/h2-13,21-23,30H,14H2,1H3,(H,34,35)/t21-,22-,23-,27-/m0/s1. The second-order valence-corrected chi connectivity index (χ2v) is 9.79. The number of hydrogen-bond acceptors (Lipinski definition) is 5. The number of carboxylic acid groups (broad SMARTS) is 1. The van der Waals surface area contributed by atoms with Gasteiger partial charge in [0.25, 0.3) is 0 Å². The van der Waals surface area contributed by atoms with E-state index in [4.69, 9.17) is 27.9 Å². The number of nitrogens with zero attached hydrogens (tertiary/aromatic N) is 1. The van der Waals surface area contributed by atoms with Crippen molar-refractivity contribution in [3.05, 3.63) is 94.0 Å². The van der Waals surface area contributed by atoms with E-state index >= 15 is 0 Å². The summed E-state index contributed by atoms with van der Waals surface area (Å²) in [5.41, 5.74) is -0.194. The van der Waals surface area contributed by atoms with E-state index in [1.165, 1.54) is 25.3 Å². The Morgan fingerprint density at radius 1 is 1.03 bits per heavy atom. The fraction of sp³-hybridized carbons (Fsp3) is 0.222. The number of anilines is 1. The lowest BCUT2D eigenvalue weighted by Gasteiger charge is -2.31. The third-order valence-corrected chi connectivity index (χ3v) is 7.50. The molecule has 0 bridgehead atoms. The van der Waals surface area contributed by atoms with Crippen molar-refractivity contribution in [2.75, 3.05) is 12.0 Å². The molecular formula is C27H22Cl2N2O5. The number of nitrogens with one attached hydrogen (secondary N) is 1. The van der Waals surface area contributed by atoms with Crippen LogP contribution in [0.4, 0.5) is 5.69 Å². The highest BCUT2D eigenvalue weighted by Gasteiger charge is 2.68. The summed E-state index contributed by atoms with van der Waals surface area (Å²) >= 11 is 12.4. The van der Waals surface area contributed by atoms with E-state index in [1.807, 2.05) is 6.07 Å². The van der Waals surface area contributed by atoms with Crippen molar-refractivity contribution in [1.82, 2.24) is 5.32 Å². The zero-order chi connectivity index (χ0) is 25.6. The minimum Gasteiger partial charge on any atom is -0.497 e. The van der Waals surface area contributed by atoms with Crippen molar-refractivity contribution >= 4 is 46.7 Å². The van der Waals surface area contributed by atoms with Gasteiger partial charge in [0.15, 0.2) is 0 Å². The quantitative estimate of drug-likeness (QED) is 0.460. The van der Waals surface area contributed by atoms with Gasteiger partial charge in [0.1, 0.15) is 11.3 Å². The maximum Gasteiger partial charge on any atom is 0.325 e. The van der Waals surface area contributed by atoms with Crippen molar-refractivity contribution in [2.45, 2.75) is 18.0 Å². The van der Waals surface area contributed by atoms with Gasteiger partial charge in [-0.1, -0.05) is 65.7 Å². The van der Waals surface area contributed by atoms with Crippen LogP contribution in [0.25, 0.3) is 0 Å². The normalized spacial score (nSPS) is 25.2. The largest absolute Gasteiger partial charge is 0.497 e. The third kappa shape index (κ3) is 3.84. The van der Waals surface area contributed by atoms with Gasteiger partial charge in [0, 0.05) is 17.5 Å². The number of halogens is 2. The number of carboxylic acids is 1. The summed E-state index contributed by atoms with van der Waals surface area (Å²) < 4.78 is 5.35. The second-order valence-electron chi connectivity index (χ2n) is 8.95. The van der Waals surface area contributed by atoms with Crippen LogP contribution < -0.4 is 15.0 Å². The molecule has 2 amide bonds. The maximum absolute atomic E-state index is 13.9. The predicted octanol–water partition coefficient (Wildman–Crippen LogP) is 4.52. The highest BCUT2D eigenvalue weighted by Crippen LogP contribution is 2.52. The van der Waals surface area contributed by atoms with Crippen LogP contribution in [0, 0.1) is 11.8 Å². The van der Waals surface area contributed by atoms with Crippen molar-refractivity contribution in [1.29, 1.82) is 0 Å². The fourth-order valence-electron chi connectivity index (χ4n) is 5.38. The van der Waals surface area contributed by atoms with Gasteiger partial charge in [-0.3, -0.25) is 19.7 Å². The molecule has 3 aromatic rings. The van der Waals surface area contributed by atoms with Gasteiger partial charge in [0.05, 0.1) is 29.7 Å². The van der Waals surface area contributed by atoms with E-state index in [0.29, 0.717) is 16.3 Å². The number of rotatable bonds is 6. The van der Waals surface area contributed by atoms with Crippen molar-refractivity contribution in [3.63, 3.8) is 0 Å². The molecule has 2 heterocycles. The molecule has 0 radical (unpaired) electrons. The van der Waals surface area contributed by atoms with Crippen LogP contribution in [0.2, 0.25) is 10.0 Å². The van der Waals surface area contributed by atoms with E-state index in [0.717, 1.165) is 10.5 Å². The molecule has 2 aliphatic heterocycles. The molecule has 0 spiro atoms. The first-order valence-electron chi connectivity index (χ1n) is 11.3. The predicted molar refractivity (Wildman–Crippen MR) is 135 cm³/mol. The summed E-state index contributed by atoms with van der Waals surface area (Å²) in [7, 11) is 1.52. The minimum absolute atomic E-state index is 0.00597. The number of fused-ring (bicyclic) bond motifs is 1. The summed E-state index contributed by atoms with van der Waals surface area (Å²) in [6, 6.07) is 19.8. The average molecular weight is 525 g/mol. The summed E-state index contributed by atoms with van der Waals surface area (Å²) in [5.74, 6) is -3.95. The molecule has 5 rings (SSSR count). The van der Waals surface area contributed by atoms with E-state index in [1.54, 1.807) is 48.5 Å². The number of methoxy groups -OCH3 is 1. The van der Waals surface area contributed by atoms with Gasteiger partial charge >= 0.3 is 5.97 Å². The molecule has 9 heteroatoms. The number of carbonyl (C=O) groups excluding carboxylic acids is 2. The molecular weight excluding hydrogens is 503 g/mol. The molecule has 3 aromatic carbocycles. The van der Waals surface area contributed by atoms with Gasteiger partial charge in [0.2, 0.25) is 11.8 Å². The molecule has 2 N–H and O–H groups in total. The molecule has 0 aliphatic carbocycles. The Morgan fingerprint density at radius 3 is 2.44 bits per heavy atom. The summed E-state index contributed by atoms with van der Waals surface area (Å²) in [6.45, 7) is 0. The van der Waals surface area contributed by atoms with Crippen LogP contribution >= 0.6 is 23.2 Å². The van der Waals surface area contributed by atoms with Crippen LogP contribution in [0.1, 0.15) is 17.2 Å². The highest BCUT2D eigenvalue weighted by molar-refractivity contribution is 6.38. The van der Waals surface area contributed by atoms with Crippen LogP contribution in [0.3, 0.4) is 0 Å². The topological polar surface area (TPSA) is 95.9 Å². The number of carbonyl (C=O) groups is 3. The van der Waals surface area contributed by atoms with Crippen LogP contribution in [0.15, 0.2) is 72.8 Å². The first kappa shape index (κ1) is 24.3. The van der Waals surface area contributed by atoms with Crippen molar-refractivity contribution in [3.8, 4) is 5.75 Å². The molecule has 0 unspecified atom stereocenters. The van der Waals surface area contributed by atoms with Crippen molar-refractivity contribution in [2.24, 2.45) is 11.8 Å². The highest BCUT2D eigenvalue weighted by atomic mass is 35.5. The number of imide groups is 1. The first-order chi connectivity index (χ1) is 17.3. The number of amides is 2. The Balaban J connectivity index is 1.67. The average Bonchev–Trinajstić information content (AvgIpc) is 3.34. The zero-order valence-electron chi connectivity index (χ0n) is 19.2. The molecule has 2 saturated heterocycles. The number of hydrogen-bond donors (Lipinski definition) is 2. The van der Waals surface area contributed by atoms with Gasteiger partial charge in [-0.05, 0) is 41.5 Å². The third-order valence-electron chi connectivity index (χ3n) is 6.97. The zero-order valence-corrected chi connectivity index (χ0v) is 20.7. The van der Waals surface area contributed by atoms with E-state index in [2.05, 4.69) is 5.32 Å². The van der Waals surface area contributed by atoms with Gasteiger partial charge in [-0.25, -0.2) is 4.90 Å². The smallest absolute Gasteiger partial charge is 0.325 e. The first-order valence-corrected chi connectivity index (χ1v) is 12.0. The van der Waals surface area contributed by atoms with Gasteiger partial charge < -0.3 is 9.84 Å². The Bertz CT molecular complexity index is 1370. The Morgan fingerprint density at radius 2 is 1.78 bits per heavy atom.